The summed E-state index contributed by atoms with van der Waals surface area (Å²) in [6, 6.07) is 4.21. The molecular formula is C15H22N4O2. The van der Waals surface area contributed by atoms with Crippen molar-refractivity contribution in [3.8, 4) is 6.07 Å². The Labute approximate surface area is 125 Å². The molecule has 1 fully saturated rings. The van der Waals surface area contributed by atoms with Crippen LogP contribution in [0.15, 0.2) is 6.07 Å². The van der Waals surface area contributed by atoms with Crippen molar-refractivity contribution >= 4 is 5.91 Å². The smallest absolute Gasteiger partial charge is 0.240 e. The lowest BCUT2D eigenvalue weighted by atomic mass is 9.81. The molecular weight excluding hydrogens is 268 g/mol. The van der Waals surface area contributed by atoms with Gasteiger partial charge in [0, 0.05) is 32.0 Å². The Bertz CT molecular complexity index is 538. The summed E-state index contributed by atoms with van der Waals surface area (Å²) >= 11 is 0. The third-order valence-electron chi connectivity index (χ3n) is 3.93. The van der Waals surface area contributed by atoms with Crippen molar-refractivity contribution in [3.63, 3.8) is 0 Å². The van der Waals surface area contributed by atoms with Gasteiger partial charge in [-0.05, 0) is 39.2 Å². The van der Waals surface area contributed by atoms with Crippen molar-refractivity contribution < 1.29 is 9.53 Å². The largest absolute Gasteiger partial charge is 0.381 e. The average Bonchev–Trinajstić information content (AvgIpc) is 2.82. The number of nitriles is 1. The van der Waals surface area contributed by atoms with E-state index in [4.69, 9.17) is 4.74 Å². The van der Waals surface area contributed by atoms with Gasteiger partial charge in [0.25, 0.3) is 0 Å². The highest BCUT2D eigenvalue weighted by atomic mass is 16.5. The monoisotopic (exact) mass is 290 g/mol. The summed E-state index contributed by atoms with van der Waals surface area (Å²) in [4.78, 5) is 12.2. The molecule has 1 aliphatic rings. The Balaban J connectivity index is 1.79. The van der Waals surface area contributed by atoms with Gasteiger partial charge < -0.3 is 10.1 Å². The summed E-state index contributed by atoms with van der Waals surface area (Å²) in [5, 5.41) is 16.6. The molecule has 1 aromatic heterocycles. The van der Waals surface area contributed by atoms with Crippen LogP contribution in [0.3, 0.4) is 0 Å². The molecule has 0 aliphatic carbocycles. The number of nitrogens with zero attached hydrogens (tertiary/aromatic N) is 3. The molecule has 0 aromatic carbocycles. The van der Waals surface area contributed by atoms with Gasteiger partial charge in [0.1, 0.15) is 5.41 Å². The summed E-state index contributed by atoms with van der Waals surface area (Å²) in [6.07, 6.45) is 1.76. The van der Waals surface area contributed by atoms with E-state index >= 15 is 0 Å². The molecule has 1 N–H and O–H groups in total. The van der Waals surface area contributed by atoms with E-state index in [9.17, 15) is 10.1 Å². The Morgan fingerprint density at radius 2 is 2.24 bits per heavy atom. The minimum absolute atomic E-state index is 0.165. The summed E-state index contributed by atoms with van der Waals surface area (Å²) in [5.41, 5.74) is 1.22. The van der Waals surface area contributed by atoms with Crippen LogP contribution in [-0.2, 0) is 16.1 Å². The molecule has 2 rings (SSSR count). The number of amides is 1. The van der Waals surface area contributed by atoms with Crippen LogP contribution in [0.2, 0.25) is 0 Å². The van der Waals surface area contributed by atoms with E-state index in [1.165, 1.54) is 0 Å². The molecule has 0 atom stereocenters. The van der Waals surface area contributed by atoms with Crippen molar-refractivity contribution in [2.75, 3.05) is 19.8 Å². The van der Waals surface area contributed by atoms with Crippen LogP contribution in [-0.4, -0.2) is 35.4 Å². The van der Waals surface area contributed by atoms with Gasteiger partial charge in [-0.25, -0.2) is 0 Å². The number of ether oxygens (including phenoxy) is 1. The number of hydrogen-bond donors (Lipinski definition) is 1. The third-order valence-corrected chi connectivity index (χ3v) is 3.93. The molecule has 21 heavy (non-hydrogen) atoms. The summed E-state index contributed by atoms with van der Waals surface area (Å²) < 4.78 is 7.17. The van der Waals surface area contributed by atoms with Crippen LogP contribution in [0.5, 0.6) is 0 Å². The summed E-state index contributed by atoms with van der Waals surface area (Å²) in [5.74, 6) is -0.165. The van der Waals surface area contributed by atoms with Gasteiger partial charge in [0.05, 0.1) is 11.8 Å². The Kier molecular flexibility index (Phi) is 4.97. The van der Waals surface area contributed by atoms with E-state index < -0.39 is 5.41 Å². The van der Waals surface area contributed by atoms with Crippen molar-refractivity contribution in [1.82, 2.24) is 15.1 Å². The van der Waals surface area contributed by atoms with E-state index in [0.717, 1.165) is 24.4 Å². The lowest BCUT2D eigenvalue weighted by Gasteiger charge is -2.29. The first-order valence-corrected chi connectivity index (χ1v) is 7.36. The molecule has 0 bridgehead atoms. The van der Waals surface area contributed by atoms with Crippen molar-refractivity contribution in [2.45, 2.75) is 39.7 Å². The molecule has 0 unspecified atom stereocenters. The highest BCUT2D eigenvalue weighted by Gasteiger charge is 2.40. The molecule has 1 amide bonds. The first kappa shape index (κ1) is 15.5. The molecule has 0 saturated carbocycles. The molecule has 1 aromatic rings. The second-order valence-corrected chi connectivity index (χ2v) is 5.57. The van der Waals surface area contributed by atoms with Crippen LogP contribution in [0, 0.1) is 30.6 Å². The first-order valence-electron chi connectivity index (χ1n) is 7.36. The topological polar surface area (TPSA) is 79.9 Å². The molecule has 0 spiro atoms. The zero-order valence-corrected chi connectivity index (χ0v) is 12.7. The fourth-order valence-corrected chi connectivity index (χ4v) is 2.61. The van der Waals surface area contributed by atoms with Crippen LogP contribution in [0.25, 0.3) is 0 Å². The Morgan fingerprint density at radius 1 is 1.52 bits per heavy atom. The van der Waals surface area contributed by atoms with Gasteiger partial charge in [0.15, 0.2) is 0 Å². The Morgan fingerprint density at radius 3 is 2.81 bits per heavy atom. The quantitative estimate of drug-likeness (QED) is 0.830. The lowest BCUT2D eigenvalue weighted by molar-refractivity contribution is -0.132. The van der Waals surface area contributed by atoms with E-state index in [0.29, 0.717) is 32.6 Å². The minimum atomic E-state index is -0.906. The number of carbonyl (C=O) groups excluding carboxylic acids is 1. The van der Waals surface area contributed by atoms with Gasteiger partial charge in [-0.15, -0.1) is 0 Å². The molecule has 0 radical (unpaired) electrons. The highest BCUT2D eigenvalue weighted by molar-refractivity contribution is 5.85. The van der Waals surface area contributed by atoms with Crippen LogP contribution < -0.4 is 5.32 Å². The molecule has 1 aliphatic heterocycles. The molecule has 6 heteroatoms. The number of nitrogens with one attached hydrogen (secondary N) is 1. The second kappa shape index (κ2) is 6.72. The minimum Gasteiger partial charge on any atom is -0.381 e. The number of aryl methyl sites for hydroxylation is 3. The molecule has 1 saturated heterocycles. The number of aromatic nitrogens is 2. The Hall–Kier alpha value is -1.87. The number of rotatable bonds is 5. The maximum atomic E-state index is 12.2. The van der Waals surface area contributed by atoms with Crippen LogP contribution in [0.4, 0.5) is 0 Å². The van der Waals surface area contributed by atoms with Gasteiger partial charge in [-0.2, -0.15) is 10.4 Å². The highest BCUT2D eigenvalue weighted by Crippen LogP contribution is 2.29. The fraction of sp³-hybridized carbons (Fsp3) is 0.667. The fourth-order valence-electron chi connectivity index (χ4n) is 2.61. The zero-order chi connectivity index (χ0) is 15.3. The number of hydrogen-bond acceptors (Lipinski definition) is 4. The summed E-state index contributed by atoms with van der Waals surface area (Å²) in [6.45, 7) is 6.27. The predicted octanol–water partition coefficient (Wildman–Crippen LogP) is 1.33. The maximum absolute atomic E-state index is 12.2. The van der Waals surface area contributed by atoms with Gasteiger partial charge in [-0.3, -0.25) is 9.48 Å². The first-order chi connectivity index (χ1) is 10.1. The molecule has 114 valence electrons. The lowest BCUT2D eigenvalue weighted by Crippen LogP contribution is -2.44. The SMILES string of the molecule is Cc1cc(C)n(CCCNC(=O)C2(C#N)CCOCC2)n1. The van der Waals surface area contributed by atoms with E-state index in [-0.39, 0.29) is 5.91 Å². The van der Waals surface area contributed by atoms with Crippen LogP contribution >= 0.6 is 0 Å². The van der Waals surface area contributed by atoms with Crippen molar-refractivity contribution in [1.29, 1.82) is 5.26 Å². The van der Waals surface area contributed by atoms with Gasteiger partial charge >= 0.3 is 0 Å². The summed E-state index contributed by atoms with van der Waals surface area (Å²) in [7, 11) is 0. The van der Waals surface area contributed by atoms with Crippen molar-refractivity contribution in [3.05, 3.63) is 17.5 Å². The van der Waals surface area contributed by atoms with E-state index in [2.05, 4.69) is 16.5 Å². The molecule has 6 nitrogen and oxygen atoms in total. The maximum Gasteiger partial charge on any atom is 0.240 e. The standard InChI is InChI=1S/C15H22N4O2/c1-12-10-13(2)19(18-12)7-3-6-17-14(20)15(11-16)4-8-21-9-5-15/h10H,3-9H2,1-2H3,(H,17,20). The van der Waals surface area contributed by atoms with E-state index in [1.807, 2.05) is 24.6 Å². The molecule has 2 heterocycles. The number of carbonyl (C=O) groups is 1. The second-order valence-electron chi connectivity index (χ2n) is 5.57. The van der Waals surface area contributed by atoms with Gasteiger partial charge in [0.2, 0.25) is 5.91 Å². The predicted molar refractivity (Wildman–Crippen MR) is 77.4 cm³/mol. The normalized spacial score (nSPS) is 17.2. The van der Waals surface area contributed by atoms with Crippen LogP contribution in [0.1, 0.15) is 30.7 Å². The average molecular weight is 290 g/mol. The van der Waals surface area contributed by atoms with E-state index in [1.54, 1.807) is 0 Å². The van der Waals surface area contributed by atoms with Crippen molar-refractivity contribution in [2.24, 2.45) is 5.41 Å². The third kappa shape index (κ3) is 3.61. The zero-order valence-electron chi connectivity index (χ0n) is 12.7. The van der Waals surface area contributed by atoms with Gasteiger partial charge in [-0.1, -0.05) is 0 Å².